The first-order valence-corrected chi connectivity index (χ1v) is 5.54. The fraction of sp³-hybridized carbons (Fsp3) is 0.231. The van der Waals surface area contributed by atoms with Gasteiger partial charge in [-0.2, -0.15) is 0 Å². The third-order valence-corrected chi connectivity index (χ3v) is 2.53. The van der Waals surface area contributed by atoms with Crippen LogP contribution in [0.25, 0.3) is 0 Å². The number of benzene rings is 1. The number of hydrogen-bond acceptors (Lipinski definition) is 3. The van der Waals surface area contributed by atoms with Gasteiger partial charge in [-0.1, -0.05) is 30.3 Å². The Morgan fingerprint density at radius 1 is 1.35 bits per heavy atom. The van der Waals surface area contributed by atoms with Gasteiger partial charge in [0.25, 0.3) is 5.91 Å². The van der Waals surface area contributed by atoms with Crippen LogP contribution < -0.4 is 5.32 Å². The predicted molar refractivity (Wildman–Crippen MR) is 65.0 cm³/mol. The van der Waals surface area contributed by atoms with Gasteiger partial charge < -0.3 is 9.84 Å². The predicted octanol–water partition coefficient (Wildman–Crippen LogP) is 2.80. The Bertz CT molecular complexity index is 517. The summed E-state index contributed by atoms with van der Waals surface area (Å²) in [6.07, 6.45) is 0.675. The lowest BCUT2D eigenvalue weighted by Gasteiger charge is -2.04. The average molecular weight is 230 g/mol. The second-order valence-corrected chi connectivity index (χ2v) is 3.73. The molecule has 0 aliphatic heterocycles. The summed E-state index contributed by atoms with van der Waals surface area (Å²) in [5.41, 5.74) is 1.99. The minimum Gasteiger partial charge on any atom is -0.361 e. The standard InChI is InChI=1S/C13H14N2O2/c1-3-11-12(9(2)17-15-11)13(16)14-10-7-5-4-6-8-10/h4-8H,3H2,1-2H3,(H,14,16). The summed E-state index contributed by atoms with van der Waals surface area (Å²) in [7, 11) is 0. The molecular formula is C13H14N2O2. The summed E-state index contributed by atoms with van der Waals surface area (Å²) in [6, 6.07) is 9.32. The molecule has 88 valence electrons. The van der Waals surface area contributed by atoms with Gasteiger partial charge in [-0.15, -0.1) is 0 Å². The number of aryl methyl sites for hydroxylation is 2. The van der Waals surface area contributed by atoms with Crippen LogP contribution in [0.1, 0.15) is 28.7 Å². The fourth-order valence-corrected chi connectivity index (χ4v) is 1.67. The van der Waals surface area contributed by atoms with E-state index in [1.54, 1.807) is 6.92 Å². The normalized spacial score (nSPS) is 10.2. The molecule has 1 amide bonds. The van der Waals surface area contributed by atoms with E-state index in [-0.39, 0.29) is 5.91 Å². The molecule has 4 nitrogen and oxygen atoms in total. The van der Waals surface area contributed by atoms with Crippen molar-refractivity contribution in [2.75, 3.05) is 5.32 Å². The van der Waals surface area contributed by atoms with Crippen molar-refractivity contribution in [2.45, 2.75) is 20.3 Å². The molecule has 1 heterocycles. The van der Waals surface area contributed by atoms with E-state index in [4.69, 9.17) is 4.52 Å². The summed E-state index contributed by atoms with van der Waals surface area (Å²) in [5, 5.41) is 6.68. The van der Waals surface area contributed by atoms with Gasteiger partial charge in [-0.05, 0) is 25.5 Å². The zero-order chi connectivity index (χ0) is 12.3. The van der Waals surface area contributed by atoms with E-state index in [9.17, 15) is 4.79 Å². The number of rotatable bonds is 3. The number of hydrogen-bond donors (Lipinski definition) is 1. The highest BCUT2D eigenvalue weighted by atomic mass is 16.5. The van der Waals surface area contributed by atoms with Crippen molar-refractivity contribution in [3.63, 3.8) is 0 Å². The van der Waals surface area contributed by atoms with Gasteiger partial charge in [0.1, 0.15) is 11.3 Å². The van der Waals surface area contributed by atoms with Gasteiger partial charge in [-0.3, -0.25) is 4.79 Å². The van der Waals surface area contributed by atoms with Crippen LogP contribution in [-0.2, 0) is 6.42 Å². The monoisotopic (exact) mass is 230 g/mol. The van der Waals surface area contributed by atoms with Crippen molar-refractivity contribution in [1.29, 1.82) is 0 Å². The molecule has 1 aromatic carbocycles. The Kier molecular flexibility index (Phi) is 3.23. The van der Waals surface area contributed by atoms with Gasteiger partial charge in [0.15, 0.2) is 0 Å². The molecule has 0 saturated heterocycles. The SMILES string of the molecule is CCc1noc(C)c1C(=O)Nc1ccccc1. The number of carbonyl (C=O) groups is 1. The van der Waals surface area contributed by atoms with E-state index in [0.29, 0.717) is 23.4 Å². The van der Waals surface area contributed by atoms with Gasteiger partial charge >= 0.3 is 0 Å². The first-order chi connectivity index (χ1) is 8.22. The smallest absolute Gasteiger partial charge is 0.261 e. The number of amides is 1. The number of aromatic nitrogens is 1. The van der Waals surface area contributed by atoms with E-state index in [2.05, 4.69) is 10.5 Å². The molecule has 1 aromatic heterocycles. The van der Waals surface area contributed by atoms with Gasteiger partial charge in [0, 0.05) is 5.69 Å². The first kappa shape index (κ1) is 11.4. The van der Waals surface area contributed by atoms with E-state index in [0.717, 1.165) is 5.69 Å². The molecule has 0 atom stereocenters. The largest absolute Gasteiger partial charge is 0.361 e. The Labute approximate surface area is 99.6 Å². The maximum absolute atomic E-state index is 12.1. The lowest BCUT2D eigenvalue weighted by Crippen LogP contribution is -2.14. The van der Waals surface area contributed by atoms with Crippen LogP contribution in [0.5, 0.6) is 0 Å². The van der Waals surface area contributed by atoms with Gasteiger partial charge in [-0.25, -0.2) is 0 Å². The molecule has 0 fully saturated rings. The second-order valence-electron chi connectivity index (χ2n) is 3.73. The molecular weight excluding hydrogens is 216 g/mol. The molecule has 2 rings (SSSR count). The van der Waals surface area contributed by atoms with Gasteiger partial charge in [0.05, 0.1) is 5.69 Å². The highest BCUT2D eigenvalue weighted by molar-refractivity contribution is 6.05. The molecule has 0 spiro atoms. The summed E-state index contributed by atoms with van der Waals surface area (Å²) in [6.45, 7) is 3.68. The fourth-order valence-electron chi connectivity index (χ4n) is 1.67. The molecule has 0 unspecified atom stereocenters. The summed E-state index contributed by atoms with van der Waals surface area (Å²) in [5.74, 6) is 0.377. The van der Waals surface area contributed by atoms with Crippen LogP contribution in [0, 0.1) is 6.92 Å². The van der Waals surface area contributed by atoms with E-state index in [1.807, 2.05) is 37.3 Å². The third-order valence-electron chi connectivity index (χ3n) is 2.53. The number of para-hydroxylation sites is 1. The summed E-state index contributed by atoms with van der Waals surface area (Å²) < 4.78 is 5.03. The molecule has 0 aliphatic rings. The quantitative estimate of drug-likeness (QED) is 0.882. The van der Waals surface area contributed by atoms with Crippen LogP contribution in [0.15, 0.2) is 34.9 Å². The summed E-state index contributed by atoms with van der Waals surface area (Å²) >= 11 is 0. The topological polar surface area (TPSA) is 55.1 Å². The molecule has 0 aliphatic carbocycles. The summed E-state index contributed by atoms with van der Waals surface area (Å²) in [4.78, 5) is 12.1. The van der Waals surface area contributed by atoms with Crippen molar-refractivity contribution in [1.82, 2.24) is 5.16 Å². The van der Waals surface area contributed by atoms with Crippen molar-refractivity contribution < 1.29 is 9.32 Å². The lowest BCUT2D eigenvalue weighted by molar-refractivity contribution is 0.102. The minimum absolute atomic E-state index is 0.174. The molecule has 2 aromatic rings. The zero-order valence-electron chi connectivity index (χ0n) is 9.86. The molecule has 0 bridgehead atoms. The van der Waals surface area contributed by atoms with Crippen molar-refractivity contribution in [3.8, 4) is 0 Å². The van der Waals surface area contributed by atoms with Crippen LogP contribution in [0.2, 0.25) is 0 Å². The van der Waals surface area contributed by atoms with Crippen LogP contribution in [0.4, 0.5) is 5.69 Å². The van der Waals surface area contributed by atoms with Crippen molar-refractivity contribution in [2.24, 2.45) is 0 Å². The number of nitrogens with one attached hydrogen (secondary N) is 1. The highest BCUT2D eigenvalue weighted by Gasteiger charge is 2.18. The van der Waals surface area contributed by atoms with Crippen molar-refractivity contribution in [3.05, 3.63) is 47.3 Å². The van der Waals surface area contributed by atoms with E-state index >= 15 is 0 Å². The third kappa shape index (κ3) is 2.36. The first-order valence-electron chi connectivity index (χ1n) is 5.54. The number of nitrogens with zero attached hydrogens (tertiary/aromatic N) is 1. The zero-order valence-corrected chi connectivity index (χ0v) is 9.86. The Balaban J connectivity index is 2.23. The van der Waals surface area contributed by atoms with Crippen LogP contribution in [0.3, 0.4) is 0 Å². The lowest BCUT2D eigenvalue weighted by atomic mass is 10.1. The molecule has 4 heteroatoms. The van der Waals surface area contributed by atoms with Crippen LogP contribution >= 0.6 is 0 Å². The number of anilines is 1. The molecule has 1 N–H and O–H groups in total. The second kappa shape index (κ2) is 4.82. The van der Waals surface area contributed by atoms with Gasteiger partial charge in [0.2, 0.25) is 0 Å². The Morgan fingerprint density at radius 3 is 2.71 bits per heavy atom. The molecule has 0 saturated carbocycles. The van der Waals surface area contributed by atoms with E-state index < -0.39 is 0 Å². The van der Waals surface area contributed by atoms with E-state index in [1.165, 1.54) is 0 Å². The Hall–Kier alpha value is -2.10. The van der Waals surface area contributed by atoms with Crippen LogP contribution in [-0.4, -0.2) is 11.1 Å². The maximum Gasteiger partial charge on any atom is 0.261 e. The maximum atomic E-state index is 12.1. The molecule has 0 radical (unpaired) electrons. The Morgan fingerprint density at radius 2 is 2.06 bits per heavy atom. The average Bonchev–Trinajstić information content (AvgIpc) is 2.71. The van der Waals surface area contributed by atoms with Crippen molar-refractivity contribution >= 4 is 11.6 Å². The number of carbonyl (C=O) groups excluding carboxylic acids is 1. The minimum atomic E-state index is -0.174. The highest BCUT2D eigenvalue weighted by Crippen LogP contribution is 2.16. The molecule has 17 heavy (non-hydrogen) atoms.